The van der Waals surface area contributed by atoms with Crippen LogP contribution in [0.5, 0.6) is 0 Å². The molecule has 0 amide bonds. The molecule has 3 aromatic rings. The van der Waals surface area contributed by atoms with Gasteiger partial charge in [0.25, 0.3) is 0 Å². The Hall–Kier alpha value is -3.12. The zero-order chi connectivity index (χ0) is 18.7. The third kappa shape index (κ3) is 4.10. The fourth-order valence-corrected chi connectivity index (χ4v) is 2.60. The molecule has 1 aromatic heterocycles. The van der Waals surface area contributed by atoms with E-state index >= 15 is 0 Å². The maximum atomic E-state index is 10.9. The summed E-state index contributed by atoms with van der Waals surface area (Å²) in [5.74, 6) is 0.868. The Balaban J connectivity index is 1.83. The lowest BCUT2D eigenvalue weighted by Gasteiger charge is -2.12. The lowest BCUT2D eigenvalue weighted by Crippen LogP contribution is -2.02. The molecule has 1 heterocycles. The Morgan fingerprint density at radius 2 is 1.65 bits per heavy atom. The molecule has 0 atom stereocenters. The van der Waals surface area contributed by atoms with Gasteiger partial charge in [-0.25, -0.2) is 14.8 Å². The van der Waals surface area contributed by atoms with Gasteiger partial charge in [-0.1, -0.05) is 17.7 Å². The summed E-state index contributed by atoms with van der Waals surface area (Å²) in [6.07, 6.45) is 0. The predicted molar refractivity (Wildman–Crippen MR) is 103 cm³/mol. The summed E-state index contributed by atoms with van der Waals surface area (Å²) < 4.78 is 0. The van der Waals surface area contributed by atoms with Crippen molar-refractivity contribution in [3.05, 3.63) is 70.5 Å². The van der Waals surface area contributed by atoms with Crippen LogP contribution in [-0.4, -0.2) is 21.0 Å². The lowest BCUT2D eigenvalue weighted by atomic mass is 10.2. The monoisotopic (exact) mass is 368 g/mol. The normalized spacial score (nSPS) is 10.4. The van der Waals surface area contributed by atoms with Gasteiger partial charge in [-0.3, -0.25) is 0 Å². The fourth-order valence-electron chi connectivity index (χ4n) is 2.42. The van der Waals surface area contributed by atoms with Crippen LogP contribution in [0.1, 0.15) is 21.7 Å². The van der Waals surface area contributed by atoms with E-state index in [1.807, 2.05) is 25.1 Å². The van der Waals surface area contributed by atoms with E-state index < -0.39 is 5.97 Å². The van der Waals surface area contributed by atoms with E-state index in [0.29, 0.717) is 22.5 Å². The van der Waals surface area contributed by atoms with Crippen molar-refractivity contribution in [2.45, 2.75) is 13.8 Å². The summed E-state index contributed by atoms with van der Waals surface area (Å²) in [5, 5.41) is 16.0. The van der Waals surface area contributed by atoms with Crippen LogP contribution < -0.4 is 10.6 Å². The molecule has 0 bridgehead atoms. The highest BCUT2D eigenvalue weighted by Crippen LogP contribution is 2.26. The number of aryl methyl sites for hydroxylation is 1. The first-order valence-electron chi connectivity index (χ1n) is 7.90. The Morgan fingerprint density at radius 1 is 1.00 bits per heavy atom. The SMILES string of the molecule is Cc1nc(Nc2ccc(C(=O)O)cc2)cc(Nc2cccc(Cl)c2C)n1. The minimum absolute atomic E-state index is 0.230. The van der Waals surface area contributed by atoms with E-state index in [0.717, 1.165) is 16.9 Å². The van der Waals surface area contributed by atoms with Gasteiger partial charge < -0.3 is 15.7 Å². The summed E-state index contributed by atoms with van der Waals surface area (Å²) in [5.41, 5.74) is 2.77. The molecule has 6 nitrogen and oxygen atoms in total. The number of rotatable bonds is 5. The molecule has 26 heavy (non-hydrogen) atoms. The van der Waals surface area contributed by atoms with Crippen molar-refractivity contribution in [1.29, 1.82) is 0 Å². The van der Waals surface area contributed by atoms with Crippen LogP contribution in [0.25, 0.3) is 0 Å². The number of carbonyl (C=O) groups is 1. The molecule has 0 saturated carbocycles. The first-order chi connectivity index (χ1) is 12.4. The largest absolute Gasteiger partial charge is 0.478 e. The van der Waals surface area contributed by atoms with Gasteiger partial charge >= 0.3 is 5.97 Å². The van der Waals surface area contributed by atoms with Crippen molar-refractivity contribution >= 4 is 40.6 Å². The second kappa shape index (κ2) is 7.41. The van der Waals surface area contributed by atoms with Crippen LogP contribution in [0.2, 0.25) is 5.02 Å². The number of halogens is 1. The molecule has 3 rings (SSSR count). The van der Waals surface area contributed by atoms with Crippen molar-refractivity contribution in [3.63, 3.8) is 0 Å². The number of anilines is 4. The highest BCUT2D eigenvalue weighted by molar-refractivity contribution is 6.31. The number of carboxylic acid groups (broad SMARTS) is 1. The van der Waals surface area contributed by atoms with Gasteiger partial charge in [0.2, 0.25) is 0 Å². The number of aromatic nitrogens is 2. The summed E-state index contributed by atoms with van der Waals surface area (Å²) in [4.78, 5) is 19.7. The van der Waals surface area contributed by atoms with Crippen molar-refractivity contribution in [2.75, 3.05) is 10.6 Å². The Bertz CT molecular complexity index is 958. The van der Waals surface area contributed by atoms with Gasteiger partial charge in [0.1, 0.15) is 17.5 Å². The molecule has 2 aromatic carbocycles. The molecule has 0 radical (unpaired) electrons. The molecule has 0 spiro atoms. The number of nitrogens with one attached hydrogen (secondary N) is 2. The number of benzene rings is 2. The summed E-state index contributed by atoms with van der Waals surface area (Å²) >= 11 is 6.16. The minimum Gasteiger partial charge on any atom is -0.478 e. The quantitative estimate of drug-likeness (QED) is 0.591. The van der Waals surface area contributed by atoms with Gasteiger partial charge in [0, 0.05) is 22.5 Å². The first kappa shape index (κ1) is 17.7. The van der Waals surface area contributed by atoms with Gasteiger partial charge in [0.05, 0.1) is 5.56 Å². The third-order valence-electron chi connectivity index (χ3n) is 3.77. The molecule has 0 aliphatic heterocycles. The third-order valence-corrected chi connectivity index (χ3v) is 4.18. The zero-order valence-electron chi connectivity index (χ0n) is 14.2. The number of hydrogen-bond acceptors (Lipinski definition) is 5. The smallest absolute Gasteiger partial charge is 0.335 e. The second-order valence-corrected chi connectivity index (χ2v) is 6.14. The highest BCUT2D eigenvalue weighted by Gasteiger charge is 2.07. The standard InChI is InChI=1S/C19H17ClN4O2/c1-11-15(20)4-3-5-16(11)24-18-10-17(21-12(2)22-18)23-14-8-6-13(7-9-14)19(25)26/h3-10H,1-2H3,(H,25,26)(H2,21,22,23,24). The molecule has 0 fully saturated rings. The van der Waals surface area contributed by atoms with Crippen molar-refractivity contribution < 1.29 is 9.90 Å². The zero-order valence-corrected chi connectivity index (χ0v) is 15.0. The van der Waals surface area contributed by atoms with Crippen LogP contribution in [0, 0.1) is 13.8 Å². The van der Waals surface area contributed by atoms with Gasteiger partial charge in [-0.05, 0) is 55.8 Å². The molecule has 7 heteroatoms. The average molecular weight is 369 g/mol. The Labute approximate surface area is 155 Å². The van der Waals surface area contributed by atoms with Crippen molar-refractivity contribution in [2.24, 2.45) is 0 Å². The predicted octanol–water partition coefficient (Wildman–Crippen LogP) is 4.93. The maximum Gasteiger partial charge on any atom is 0.335 e. The number of carboxylic acids is 1. The van der Waals surface area contributed by atoms with Crippen LogP contribution >= 0.6 is 11.6 Å². The Morgan fingerprint density at radius 3 is 2.31 bits per heavy atom. The molecular weight excluding hydrogens is 352 g/mol. The first-order valence-corrected chi connectivity index (χ1v) is 8.28. The number of nitrogens with zero attached hydrogens (tertiary/aromatic N) is 2. The van der Waals surface area contributed by atoms with Gasteiger partial charge in [-0.15, -0.1) is 0 Å². The molecule has 0 aliphatic rings. The van der Waals surface area contributed by atoms with Gasteiger partial charge in [-0.2, -0.15) is 0 Å². The fraction of sp³-hybridized carbons (Fsp3) is 0.105. The van der Waals surface area contributed by atoms with Crippen molar-refractivity contribution in [1.82, 2.24) is 9.97 Å². The second-order valence-electron chi connectivity index (χ2n) is 5.73. The van der Waals surface area contributed by atoms with Crippen LogP contribution in [0.4, 0.5) is 23.0 Å². The number of hydrogen-bond donors (Lipinski definition) is 3. The topological polar surface area (TPSA) is 87.1 Å². The van der Waals surface area contributed by atoms with E-state index in [-0.39, 0.29) is 5.56 Å². The summed E-state index contributed by atoms with van der Waals surface area (Å²) in [7, 11) is 0. The van der Waals surface area contributed by atoms with Gasteiger partial charge in [0.15, 0.2) is 0 Å². The summed E-state index contributed by atoms with van der Waals surface area (Å²) in [6.45, 7) is 3.73. The van der Waals surface area contributed by atoms with E-state index in [1.165, 1.54) is 12.1 Å². The van der Waals surface area contributed by atoms with E-state index in [9.17, 15) is 4.79 Å². The van der Waals surface area contributed by atoms with E-state index in [1.54, 1.807) is 25.1 Å². The minimum atomic E-state index is -0.960. The highest BCUT2D eigenvalue weighted by atomic mass is 35.5. The van der Waals surface area contributed by atoms with Crippen LogP contribution in [-0.2, 0) is 0 Å². The van der Waals surface area contributed by atoms with Crippen LogP contribution in [0.15, 0.2) is 48.5 Å². The summed E-state index contributed by atoms with van der Waals surface area (Å²) in [6, 6.07) is 13.9. The van der Waals surface area contributed by atoms with E-state index in [2.05, 4.69) is 20.6 Å². The number of aromatic carboxylic acids is 1. The molecular formula is C19H17ClN4O2. The van der Waals surface area contributed by atoms with Crippen molar-refractivity contribution in [3.8, 4) is 0 Å². The lowest BCUT2D eigenvalue weighted by molar-refractivity contribution is 0.0697. The Kier molecular flexibility index (Phi) is 5.04. The molecule has 0 saturated heterocycles. The molecule has 132 valence electrons. The molecule has 0 unspecified atom stereocenters. The molecule has 0 aliphatic carbocycles. The maximum absolute atomic E-state index is 10.9. The van der Waals surface area contributed by atoms with E-state index in [4.69, 9.17) is 16.7 Å². The van der Waals surface area contributed by atoms with Crippen LogP contribution in [0.3, 0.4) is 0 Å². The molecule has 3 N–H and O–H groups in total. The average Bonchev–Trinajstić information content (AvgIpc) is 2.59.